The molecule has 19 heavy (non-hydrogen) atoms. The molecule has 0 saturated heterocycles. The van der Waals surface area contributed by atoms with Crippen molar-refractivity contribution < 1.29 is 0 Å². The molecule has 0 fully saturated rings. The van der Waals surface area contributed by atoms with Crippen molar-refractivity contribution in [3.8, 4) is 0 Å². The Morgan fingerprint density at radius 2 is 2.11 bits per heavy atom. The maximum atomic E-state index is 4.78. The highest BCUT2D eigenvalue weighted by Crippen LogP contribution is 2.19. The Hall–Kier alpha value is -1.00. The molecule has 0 aliphatic rings. The molecule has 104 valence electrons. The van der Waals surface area contributed by atoms with Crippen molar-refractivity contribution >= 4 is 22.7 Å². The van der Waals surface area contributed by atoms with E-state index in [1.54, 1.807) is 0 Å². The number of aromatic nitrogens is 2. The van der Waals surface area contributed by atoms with Crippen LogP contribution in [0, 0.1) is 0 Å². The Kier molecular flexibility index (Phi) is 5.28. The maximum Gasteiger partial charge on any atom is 0.0841 e. The third-order valence-corrected chi connectivity index (χ3v) is 3.83. The lowest BCUT2D eigenvalue weighted by atomic mass is 10.2. The molecule has 0 spiro atoms. The average molecular weight is 277 g/mol. The monoisotopic (exact) mass is 277 g/mol. The summed E-state index contributed by atoms with van der Waals surface area (Å²) in [6.07, 6.45) is 3.32. The number of rotatable bonds is 7. The molecule has 4 heteroatoms. The van der Waals surface area contributed by atoms with Gasteiger partial charge in [0.1, 0.15) is 0 Å². The zero-order valence-electron chi connectivity index (χ0n) is 12.0. The standard InChI is InChI=1S/C15H23N3S/c1-12(2)16-11-14-13-7-4-5-8-15(13)18(17-14)9-6-10-19-3/h4-5,7-8,12,16H,6,9-11H2,1-3H3. The predicted molar refractivity (Wildman–Crippen MR) is 84.7 cm³/mol. The van der Waals surface area contributed by atoms with E-state index in [0.717, 1.165) is 18.8 Å². The van der Waals surface area contributed by atoms with Crippen LogP contribution in [0.15, 0.2) is 24.3 Å². The van der Waals surface area contributed by atoms with Gasteiger partial charge in [-0.25, -0.2) is 0 Å². The molecule has 1 aromatic heterocycles. The third kappa shape index (κ3) is 3.74. The Bertz CT molecular complexity index is 519. The summed E-state index contributed by atoms with van der Waals surface area (Å²) in [7, 11) is 0. The molecule has 0 aliphatic heterocycles. The van der Waals surface area contributed by atoms with E-state index in [-0.39, 0.29) is 0 Å². The fourth-order valence-corrected chi connectivity index (χ4v) is 2.57. The second-order valence-corrected chi connectivity index (χ2v) is 6.05. The lowest BCUT2D eigenvalue weighted by Crippen LogP contribution is -2.22. The molecule has 0 amide bonds. The highest BCUT2D eigenvalue weighted by atomic mass is 32.2. The van der Waals surface area contributed by atoms with Gasteiger partial charge in [0.15, 0.2) is 0 Å². The van der Waals surface area contributed by atoms with Gasteiger partial charge in [0.05, 0.1) is 11.2 Å². The molecule has 2 rings (SSSR count). The quantitative estimate of drug-likeness (QED) is 0.788. The molecule has 0 bridgehead atoms. The van der Waals surface area contributed by atoms with Crippen LogP contribution in [0.4, 0.5) is 0 Å². The first-order valence-electron chi connectivity index (χ1n) is 6.89. The van der Waals surface area contributed by atoms with E-state index in [9.17, 15) is 0 Å². The molecule has 0 radical (unpaired) electrons. The van der Waals surface area contributed by atoms with Gasteiger partial charge in [0.2, 0.25) is 0 Å². The molecule has 1 N–H and O–H groups in total. The number of fused-ring (bicyclic) bond motifs is 1. The van der Waals surface area contributed by atoms with E-state index in [1.807, 2.05) is 11.8 Å². The van der Waals surface area contributed by atoms with Gasteiger partial charge in [-0.1, -0.05) is 32.0 Å². The fourth-order valence-electron chi connectivity index (χ4n) is 2.16. The highest BCUT2D eigenvalue weighted by molar-refractivity contribution is 7.98. The lowest BCUT2D eigenvalue weighted by Gasteiger charge is -2.05. The second kappa shape index (κ2) is 6.96. The third-order valence-electron chi connectivity index (χ3n) is 3.13. The normalized spacial score (nSPS) is 11.6. The van der Waals surface area contributed by atoms with Crippen LogP contribution < -0.4 is 5.32 Å². The van der Waals surface area contributed by atoms with Crippen LogP contribution in [-0.4, -0.2) is 27.8 Å². The van der Waals surface area contributed by atoms with E-state index in [0.29, 0.717) is 6.04 Å². The minimum absolute atomic E-state index is 0.486. The summed E-state index contributed by atoms with van der Waals surface area (Å²) in [5, 5.41) is 9.51. The Morgan fingerprint density at radius 3 is 2.84 bits per heavy atom. The molecule has 0 atom stereocenters. The molecular formula is C15H23N3S. The molecule has 1 aromatic carbocycles. The largest absolute Gasteiger partial charge is 0.309 e. The summed E-state index contributed by atoms with van der Waals surface area (Å²) in [5.74, 6) is 1.19. The average Bonchev–Trinajstić information content (AvgIpc) is 2.76. The van der Waals surface area contributed by atoms with Gasteiger partial charge in [-0.2, -0.15) is 16.9 Å². The zero-order valence-corrected chi connectivity index (χ0v) is 12.8. The SMILES string of the molecule is CSCCCn1nc(CNC(C)C)c2ccccc21. The van der Waals surface area contributed by atoms with Gasteiger partial charge in [-0.05, 0) is 24.5 Å². The second-order valence-electron chi connectivity index (χ2n) is 5.07. The van der Waals surface area contributed by atoms with Crippen molar-refractivity contribution in [2.75, 3.05) is 12.0 Å². The van der Waals surface area contributed by atoms with E-state index >= 15 is 0 Å². The number of thioether (sulfide) groups is 1. The number of nitrogens with zero attached hydrogens (tertiary/aromatic N) is 2. The molecule has 1 heterocycles. The molecule has 0 aliphatic carbocycles. The van der Waals surface area contributed by atoms with Crippen LogP contribution in [0.1, 0.15) is 26.0 Å². The molecule has 0 unspecified atom stereocenters. The van der Waals surface area contributed by atoms with Gasteiger partial charge >= 0.3 is 0 Å². The summed E-state index contributed by atoms with van der Waals surface area (Å²) in [4.78, 5) is 0. The van der Waals surface area contributed by atoms with Crippen molar-refractivity contribution in [3.05, 3.63) is 30.0 Å². The van der Waals surface area contributed by atoms with Crippen molar-refractivity contribution in [2.45, 2.75) is 39.4 Å². The lowest BCUT2D eigenvalue weighted by molar-refractivity contribution is 0.562. The van der Waals surface area contributed by atoms with Gasteiger partial charge in [0.25, 0.3) is 0 Å². The van der Waals surface area contributed by atoms with Crippen LogP contribution in [-0.2, 0) is 13.1 Å². The predicted octanol–water partition coefficient (Wildman–Crippen LogP) is 3.29. The van der Waals surface area contributed by atoms with Crippen molar-refractivity contribution in [1.29, 1.82) is 0 Å². The Morgan fingerprint density at radius 1 is 1.32 bits per heavy atom. The minimum atomic E-state index is 0.486. The van der Waals surface area contributed by atoms with E-state index < -0.39 is 0 Å². The number of benzene rings is 1. The summed E-state index contributed by atoms with van der Waals surface area (Å²) < 4.78 is 2.16. The molecule has 2 aromatic rings. The van der Waals surface area contributed by atoms with Gasteiger partial charge < -0.3 is 5.32 Å². The van der Waals surface area contributed by atoms with Crippen LogP contribution in [0.25, 0.3) is 10.9 Å². The van der Waals surface area contributed by atoms with Crippen molar-refractivity contribution in [3.63, 3.8) is 0 Å². The zero-order chi connectivity index (χ0) is 13.7. The van der Waals surface area contributed by atoms with Crippen molar-refractivity contribution in [1.82, 2.24) is 15.1 Å². The van der Waals surface area contributed by atoms with Gasteiger partial charge in [-0.15, -0.1) is 0 Å². The summed E-state index contributed by atoms with van der Waals surface area (Å²) >= 11 is 1.89. The molecule has 3 nitrogen and oxygen atoms in total. The van der Waals surface area contributed by atoms with Gasteiger partial charge in [0, 0.05) is 24.5 Å². The first-order chi connectivity index (χ1) is 9.22. The topological polar surface area (TPSA) is 29.9 Å². The summed E-state index contributed by atoms with van der Waals surface area (Å²) in [5.41, 5.74) is 2.41. The van der Waals surface area contributed by atoms with Crippen LogP contribution in [0.5, 0.6) is 0 Å². The first-order valence-corrected chi connectivity index (χ1v) is 8.28. The number of nitrogens with one attached hydrogen (secondary N) is 1. The number of hydrogen-bond acceptors (Lipinski definition) is 3. The highest BCUT2D eigenvalue weighted by Gasteiger charge is 2.09. The first kappa shape index (κ1) is 14.4. The Labute approximate surface area is 119 Å². The Balaban J connectivity index is 2.21. The minimum Gasteiger partial charge on any atom is -0.309 e. The number of aryl methyl sites for hydroxylation is 1. The van der Waals surface area contributed by atoms with Gasteiger partial charge in [-0.3, -0.25) is 4.68 Å². The van der Waals surface area contributed by atoms with Crippen LogP contribution in [0.3, 0.4) is 0 Å². The van der Waals surface area contributed by atoms with E-state index in [1.165, 1.54) is 23.1 Å². The molecular weight excluding hydrogens is 254 g/mol. The van der Waals surface area contributed by atoms with Crippen molar-refractivity contribution in [2.24, 2.45) is 0 Å². The number of para-hydroxylation sites is 1. The maximum absolute atomic E-state index is 4.78. The summed E-state index contributed by atoms with van der Waals surface area (Å²) in [6.45, 7) is 6.17. The number of hydrogen-bond donors (Lipinski definition) is 1. The smallest absolute Gasteiger partial charge is 0.0841 e. The summed E-state index contributed by atoms with van der Waals surface area (Å²) in [6, 6.07) is 9.01. The van der Waals surface area contributed by atoms with Crippen LogP contribution in [0.2, 0.25) is 0 Å². The van der Waals surface area contributed by atoms with Crippen LogP contribution >= 0.6 is 11.8 Å². The fraction of sp³-hybridized carbons (Fsp3) is 0.533. The van der Waals surface area contributed by atoms with E-state index in [2.05, 4.69) is 54.4 Å². The molecule has 0 saturated carbocycles. The van der Waals surface area contributed by atoms with E-state index in [4.69, 9.17) is 5.10 Å².